The van der Waals surface area contributed by atoms with Crippen molar-refractivity contribution in [2.75, 3.05) is 5.75 Å². The third kappa shape index (κ3) is 2.39. The Labute approximate surface area is 99.0 Å². The molecule has 1 fully saturated rings. The van der Waals surface area contributed by atoms with Crippen molar-refractivity contribution in [2.24, 2.45) is 0 Å². The summed E-state index contributed by atoms with van der Waals surface area (Å²) in [5.74, 6) is -3.91. The Balaban J connectivity index is 2.27. The SMILES string of the molecule is O=C(O)[C@@H]1CS[C@H](c2c(F)cc(F)cc2F)N1. The molecular formula is C10H8F3NO2S. The smallest absolute Gasteiger partial charge is 0.321 e. The third-order valence-electron chi connectivity index (χ3n) is 2.39. The van der Waals surface area contributed by atoms with Crippen molar-refractivity contribution < 1.29 is 23.1 Å². The highest BCUT2D eigenvalue weighted by molar-refractivity contribution is 7.99. The average Bonchev–Trinajstić information content (AvgIpc) is 2.65. The van der Waals surface area contributed by atoms with E-state index < -0.39 is 34.8 Å². The van der Waals surface area contributed by atoms with Gasteiger partial charge in [0.05, 0.1) is 10.9 Å². The summed E-state index contributed by atoms with van der Waals surface area (Å²) in [6, 6.07) is 0.303. The van der Waals surface area contributed by atoms with Gasteiger partial charge >= 0.3 is 5.97 Å². The average molecular weight is 263 g/mol. The van der Waals surface area contributed by atoms with Crippen LogP contribution in [-0.4, -0.2) is 22.9 Å². The zero-order chi connectivity index (χ0) is 12.6. The van der Waals surface area contributed by atoms with Crippen molar-refractivity contribution >= 4 is 17.7 Å². The number of carboxylic acids is 1. The minimum absolute atomic E-state index is 0.205. The molecule has 1 saturated heterocycles. The number of aliphatic carboxylic acids is 1. The van der Waals surface area contributed by atoms with Crippen LogP contribution in [0.15, 0.2) is 12.1 Å². The highest BCUT2D eigenvalue weighted by Crippen LogP contribution is 2.35. The Morgan fingerprint density at radius 3 is 2.41 bits per heavy atom. The molecule has 0 unspecified atom stereocenters. The van der Waals surface area contributed by atoms with Crippen LogP contribution in [0.3, 0.4) is 0 Å². The molecule has 0 aromatic heterocycles. The summed E-state index contributed by atoms with van der Waals surface area (Å²) in [5.41, 5.74) is -0.333. The number of hydrogen-bond acceptors (Lipinski definition) is 3. The molecule has 1 aliphatic heterocycles. The zero-order valence-electron chi connectivity index (χ0n) is 8.41. The lowest BCUT2D eigenvalue weighted by Gasteiger charge is -2.13. The van der Waals surface area contributed by atoms with E-state index in [1.54, 1.807) is 0 Å². The first-order valence-corrected chi connectivity index (χ1v) is 5.79. The largest absolute Gasteiger partial charge is 0.480 e. The fourth-order valence-corrected chi connectivity index (χ4v) is 2.86. The number of nitrogens with one attached hydrogen (secondary N) is 1. The maximum atomic E-state index is 13.4. The molecule has 1 aromatic carbocycles. The van der Waals surface area contributed by atoms with Gasteiger partial charge in [-0.3, -0.25) is 10.1 Å². The molecule has 1 aromatic rings. The number of hydrogen-bond donors (Lipinski definition) is 2. The predicted molar refractivity (Wildman–Crippen MR) is 56.1 cm³/mol. The molecule has 1 heterocycles. The quantitative estimate of drug-likeness (QED) is 0.855. The van der Waals surface area contributed by atoms with Gasteiger partial charge in [0.25, 0.3) is 0 Å². The first-order chi connectivity index (χ1) is 7.99. The molecule has 3 nitrogen and oxygen atoms in total. The monoisotopic (exact) mass is 263 g/mol. The fraction of sp³-hybridized carbons (Fsp3) is 0.300. The molecule has 0 saturated carbocycles. The molecule has 2 N–H and O–H groups in total. The van der Waals surface area contributed by atoms with Crippen LogP contribution in [0.2, 0.25) is 0 Å². The standard InChI is InChI=1S/C10H8F3NO2S/c11-4-1-5(12)8(6(13)2-4)9-14-7(3-17-9)10(15)16/h1-2,7,9,14H,3H2,(H,15,16)/t7-,9+/m0/s1. The highest BCUT2D eigenvalue weighted by atomic mass is 32.2. The number of rotatable bonds is 2. The lowest BCUT2D eigenvalue weighted by atomic mass is 10.1. The Bertz CT molecular complexity index is 446. The Kier molecular flexibility index (Phi) is 3.30. The molecule has 2 rings (SSSR count). The Morgan fingerprint density at radius 2 is 1.94 bits per heavy atom. The Hall–Kier alpha value is -1.21. The maximum absolute atomic E-state index is 13.4. The van der Waals surface area contributed by atoms with Crippen molar-refractivity contribution in [3.05, 3.63) is 35.1 Å². The van der Waals surface area contributed by atoms with E-state index >= 15 is 0 Å². The second kappa shape index (κ2) is 4.58. The van der Waals surface area contributed by atoms with Crippen LogP contribution in [0, 0.1) is 17.5 Å². The third-order valence-corrected chi connectivity index (χ3v) is 3.62. The van der Waals surface area contributed by atoms with E-state index in [1.807, 2.05) is 0 Å². The van der Waals surface area contributed by atoms with E-state index in [4.69, 9.17) is 5.11 Å². The zero-order valence-corrected chi connectivity index (χ0v) is 9.23. The molecule has 0 aliphatic carbocycles. The van der Waals surface area contributed by atoms with Crippen molar-refractivity contribution in [1.82, 2.24) is 5.32 Å². The lowest BCUT2D eigenvalue weighted by molar-refractivity contribution is -0.138. The van der Waals surface area contributed by atoms with Gasteiger partial charge < -0.3 is 5.11 Å². The topological polar surface area (TPSA) is 49.3 Å². The van der Waals surface area contributed by atoms with Gasteiger partial charge in [-0.25, -0.2) is 13.2 Å². The number of carboxylic acid groups (broad SMARTS) is 1. The number of carbonyl (C=O) groups is 1. The van der Waals surface area contributed by atoms with Gasteiger partial charge in [0, 0.05) is 17.9 Å². The summed E-state index contributed by atoms with van der Waals surface area (Å²) in [5, 5.41) is 10.5. The van der Waals surface area contributed by atoms with Gasteiger partial charge in [-0.05, 0) is 0 Å². The normalized spacial score (nSPS) is 23.9. The predicted octanol–water partition coefficient (Wildman–Crippen LogP) is 1.89. The molecule has 2 atom stereocenters. The van der Waals surface area contributed by atoms with Gasteiger partial charge in [-0.15, -0.1) is 11.8 Å². The lowest BCUT2D eigenvalue weighted by Crippen LogP contribution is -2.34. The van der Waals surface area contributed by atoms with E-state index in [1.165, 1.54) is 0 Å². The summed E-state index contributed by atoms with van der Waals surface area (Å²) >= 11 is 1.07. The molecule has 92 valence electrons. The fourth-order valence-electron chi connectivity index (χ4n) is 1.58. The summed E-state index contributed by atoms with van der Waals surface area (Å²) in [6.45, 7) is 0. The van der Waals surface area contributed by atoms with Crippen molar-refractivity contribution in [3.63, 3.8) is 0 Å². The molecule has 0 radical (unpaired) electrons. The van der Waals surface area contributed by atoms with Crippen LogP contribution in [0.1, 0.15) is 10.9 Å². The molecule has 1 aliphatic rings. The summed E-state index contributed by atoms with van der Waals surface area (Å²) < 4.78 is 39.5. The van der Waals surface area contributed by atoms with Crippen LogP contribution in [0.25, 0.3) is 0 Å². The highest BCUT2D eigenvalue weighted by Gasteiger charge is 2.33. The minimum atomic E-state index is -1.08. The second-order valence-electron chi connectivity index (χ2n) is 3.55. The summed E-state index contributed by atoms with van der Waals surface area (Å²) in [4.78, 5) is 10.7. The van der Waals surface area contributed by atoms with E-state index in [0.29, 0.717) is 12.1 Å². The maximum Gasteiger partial charge on any atom is 0.321 e. The number of benzene rings is 1. The first kappa shape index (κ1) is 12.3. The molecular weight excluding hydrogens is 255 g/mol. The van der Waals surface area contributed by atoms with E-state index in [9.17, 15) is 18.0 Å². The molecule has 7 heteroatoms. The van der Waals surface area contributed by atoms with Crippen LogP contribution < -0.4 is 5.32 Å². The van der Waals surface area contributed by atoms with Gasteiger partial charge in [0.2, 0.25) is 0 Å². The molecule has 0 amide bonds. The van der Waals surface area contributed by atoms with Gasteiger partial charge in [0.1, 0.15) is 23.5 Å². The van der Waals surface area contributed by atoms with Crippen LogP contribution in [-0.2, 0) is 4.79 Å². The van der Waals surface area contributed by atoms with Gasteiger partial charge in [-0.1, -0.05) is 0 Å². The van der Waals surface area contributed by atoms with Crippen molar-refractivity contribution in [2.45, 2.75) is 11.4 Å². The number of thioether (sulfide) groups is 1. The first-order valence-electron chi connectivity index (χ1n) is 4.74. The molecule has 17 heavy (non-hydrogen) atoms. The molecule has 0 bridgehead atoms. The number of halogens is 3. The van der Waals surface area contributed by atoms with Gasteiger partial charge in [0.15, 0.2) is 0 Å². The van der Waals surface area contributed by atoms with Crippen molar-refractivity contribution in [3.8, 4) is 0 Å². The van der Waals surface area contributed by atoms with E-state index in [2.05, 4.69) is 5.32 Å². The summed E-state index contributed by atoms with van der Waals surface area (Å²) in [7, 11) is 0. The minimum Gasteiger partial charge on any atom is -0.480 e. The second-order valence-corrected chi connectivity index (χ2v) is 4.69. The molecule has 0 spiro atoms. The van der Waals surface area contributed by atoms with E-state index in [0.717, 1.165) is 11.8 Å². The Morgan fingerprint density at radius 1 is 1.35 bits per heavy atom. The summed E-state index contributed by atoms with van der Waals surface area (Å²) in [6.07, 6.45) is 0. The van der Waals surface area contributed by atoms with Crippen LogP contribution in [0.4, 0.5) is 13.2 Å². The van der Waals surface area contributed by atoms with Crippen LogP contribution in [0.5, 0.6) is 0 Å². The van der Waals surface area contributed by atoms with Crippen molar-refractivity contribution in [1.29, 1.82) is 0 Å². The van der Waals surface area contributed by atoms with E-state index in [-0.39, 0.29) is 11.3 Å². The van der Waals surface area contributed by atoms with Gasteiger partial charge in [-0.2, -0.15) is 0 Å². The van der Waals surface area contributed by atoms with Crippen LogP contribution >= 0.6 is 11.8 Å².